The van der Waals surface area contributed by atoms with Gasteiger partial charge in [-0.05, 0) is 49.7 Å². The van der Waals surface area contributed by atoms with Crippen molar-refractivity contribution < 1.29 is 19.4 Å². The lowest BCUT2D eigenvalue weighted by Crippen LogP contribution is -2.29. The van der Waals surface area contributed by atoms with Crippen LogP contribution in [-0.2, 0) is 9.59 Å². The minimum absolute atomic E-state index is 0.0428. The number of amides is 1. The summed E-state index contributed by atoms with van der Waals surface area (Å²) in [5.41, 5.74) is 1.74. The molecule has 1 atom stereocenters. The van der Waals surface area contributed by atoms with Crippen LogP contribution in [0.5, 0.6) is 5.75 Å². The van der Waals surface area contributed by atoms with Gasteiger partial charge in [-0.2, -0.15) is 0 Å². The van der Waals surface area contributed by atoms with E-state index < -0.39 is 17.7 Å². The molecule has 5 nitrogen and oxygen atoms in total. The number of benzene rings is 3. The van der Waals surface area contributed by atoms with Gasteiger partial charge in [-0.1, -0.05) is 64.5 Å². The Balaban J connectivity index is 1.90. The van der Waals surface area contributed by atoms with Crippen LogP contribution in [0, 0.1) is 0 Å². The highest BCUT2D eigenvalue weighted by Gasteiger charge is 2.46. The fourth-order valence-electron chi connectivity index (χ4n) is 3.82. The number of hydrogen-bond acceptors (Lipinski definition) is 4. The Labute approximate surface area is 195 Å². The Morgan fingerprint density at radius 1 is 0.969 bits per heavy atom. The highest BCUT2D eigenvalue weighted by molar-refractivity contribution is 9.10. The molecule has 0 spiro atoms. The van der Waals surface area contributed by atoms with Gasteiger partial charge in [0, 0.05) is 15.7 Å². The van der Waals surface area contributed by atoms with E-state index in [4.69, 9.17) is 4.74 Å². The first-order chi connectivity index (χ1) is 15.4. The summed E-state index contributed by atoms with van der Waals surface area (Å²) < 4.78 is 6.51. The second-order valence-corrected chi connectivity index (χ2v) is 8.67. The Morgan fingerprint density at radius 3 is 2.38 bits per heavy atom. The van der Waals surface area contributed by atoms with E-state index in [1.54, 1.807) is 42.5 Å². The molecule has 0 aromatic heterocycles. The molecule has 4 rings (SSSR count). The molecule has 0 radical (unpaired) electrons. The standard InChI is InChI=1S/C26H22BrNO4/c1-16(2)32-21-13-6-10-18(14-21)24(29)22-23(17-8-4-3-5-9-17)28(26(31)25(22)30)20-12-7-11-19(27)15-20/h3-16,23,29H,1-2H3/b24-22+. The summed E-state index contributed by atoms with van der Waals surface area (Å²) in [4.78, 5) is 27.8. The fourth-order valence-corrected chi connectivity index (χ4v) is 4.21. The minimum Gasteiger partial charge on any atom is -0.507 e. The Bertz CT molecular complexity index is 1200. The molecule has 32 heavy (non-hydrogen) atoms. The van der Waals surface area contributed by atoms with Crippen LogP contribution in [0.3, 0.4) is 0 Å². The first-order valence-corrected chi connectivity index (χ1v) is 11.0. The van der Waals surface area contributed by atoms with Gasteiger partial charge in [-0.3, -0.25) is 14.5 Å². The number of anilines is 1. The Hall–Kier alpha value is -3.38. The van der Waals surface area contributed by atoms with Crippen molar-refractivity contribution in [3.63, 3.8) is 0 Å². The Morgan fingerprint density at radius 2 is 1.69 bits per heavy atom. The van der Waals surface area contributed by atoms with Gasteiger partial charge in [0.15, 0.2) is 0 Å². The van der Waals surface area contributed by atoms with Crippen LogP contribution in [0.1, 0.15) is 31.0 Å². The van der Waals surface area contributed by atoms with E-state index in [2.05, 4.69) is 15.9 Å². The molecule has 1 fully saturated rings. The zero-order chi connectivity index (χ0) is 22.8. The minimum atomic E-state index is -0.764. The predicted octanol–water partition coefficient (Wildman–Crippen LogP) is 5.86. The molecule has 1 unspecified atom stereocenters. The van der Waals surface area contributed by atoms with Crippen molar-refractivity contribution in [2.45, 2.75) is 26.0 Å². The van der Waals surface area contributed by atoms with Crippen molar-refractivity contribution in [1.82, 2.24) is 0 Å². The molecule has 1 aliphatic heterocycles. The molecule has 162 valence electrons. The largest absolute Gasteiger partial charge is 0.507 e. The monoisotopic (exact) mass is 491 g/mol. The number of nitrogens with zero attached hydrogens (tertiary/aromatic N) is 1. The quantitative estimate of drug-likeness (QED) is 0.275. The number of Topliss-reactive ketones (excluding diaryl/α,β-unsaturated/α-hetero) is 1. The molecule has 1 N–H and O–H groups in total. The third kappa shape index (κ3) is 4.18. The Kier molecular flexibility index (Phi) is 6.15. The van der Waals surface area contributed by atoms with Gasteiger partial charge in [0.1, 0.15) is 11.5 Å². The number of halogens is 1. The first-order valence-electron chi connectivity index (χ1n) is 10.3. The molecular weight excluding hydrogens is 470 g/mol. The zero-order valence-electron chi connectivity index (χ0n) is 17.7. The van der Waals surface area contributed by atoms with Gasteiger partial charge < -0.3 is 9.84 Å². The highest BCUT2D eigenvalue weighted by Crippen LogP contribution is 2.42. The topological polar surface area (TPSA) is 66.8 Å². The number of ketones is 1. The average Bonchev–Trinajstić information content (AvgIpc) is 3.04. The summed E-state index contributed by atoms with van der Waals surface area (Å²) in [6, 6.07) is 22.5. The zero-order valence-corrected chi connectivity index (χ0v) is 19.2. The van der Waals surface area contributed by atoms with E-state index in [0.717, 1.165) is 10.0 Å². The van der Waals surface area contributed by atoms with Crippen molar-refractivity contribution in [2.24, 2.45) is 0 Å². The maximum Gasteiger partial charge on any atom is 0.300 e. The first kappa shape index (κ1) is 21.8. The maximum atomic E-state index is 13.2. The van der Waals surface area contributed by atoms with Crippen molar-refractivity contribution >= 4 is 39.1 Å². The van der Waals surface area contributed by atoms with Gasteiger partial charge in [-0.25, -0.2) is 0 Å². The molecule has 0 aliphatic carbocycles. The van der Waals surface area contributed by atoms with Crippen molar-refractivity contribution in [3.05, 3.63) is 100 Å². The molecule has 1 saturated heterocycles. The van der Waals surface area contributed by atoms with Crippen LogP contribution < -0.4 is 9.64 Å². The van der Waals surface area contributed by atoms with E-state index in [-0.39, 0.29) is 17.4 Å². The SMILES string of the molecule is CC(C)Oc1cccc(/C(O)=C2\C(=O)C(=O)N(c3cccc(Br)c3)C2c2ccccc2)c1. The average molecular weight is 492 g/mol. The summed E-state index contributed by atoms with van der Waals surface area (Å²) in [6.07, 6.45) is -0.0428. The predicted molar refractivity (Wildman–Crippen MR) is 128 cm³/mol. The smallest absolute Gasteiger partial charge is 0.300 e. The molecule has 1 heterocycles. The van der Waals surface area contributed by atoms with Crippen molar-refractivity contribution in [2.75, 3.05) is 4.90 Å². The third-order valence-corrected chi connectivity index (χ3v) is 5.62. The van der Waals surface area contributed by atoms with Gasteiger partial charge in [0.25, 0.3) is 11.7 Å². The number of carbonyl (C=O) groups is 2. The van der Waals surface area contributed by atoms with Crippen LogP contribution >= 0.6 is 15.9 Å². The lowest BCUT2D eigenvalue weighted by Gasteiger charge is -2.25. The number of ether oxygens (including phenoxy) is 1. The molecule has 1 aliphatic rings. The van der Waals surface area contributed by atoms with Crippen LogP contribution in [0.25, 0.3) is 5.76 Å². The molecule has 6 heteroatoms. The molecule has 0 saturated carbocycles. The molecule has 3 aromatic carbocycles. The number of rotatable bonds is 5. The summed E-state index contributed by atoms with van der Waals surface area (Å²) in [6.45, 7) is 3.82. The molecule has 3 aromatic rings. The molecular formula is C26H22BrNO4. The highest BCUT2D eigenvalue weighted by atomic mass is 79.9. The number of hydrogen-bond donors (Lipinski definition) is 1. The summed E-state index contributed by atoms with van der Waals surface area (Å²) in [5.74, 6) is -1.08. The van der Waals surface area contributed by atoms with Gasteiger partial charge in [0.2, 0.25) is 0 Å². The van der Waals surface area contributed by atoms with E-state index in [9.17, 15) is 14.7 Å². The van der Waals surface area contributed by atoms with Gasteiger partial charge in [0.05, 0.1) is 17.7 Å². The van der Waals surface area contributed by atoms with Gasteiger partial charge >= 0.3 is 0 Å². The number of carbonyl (C=O) groups excluding carboxylic acids is 2. The summed E-state index contributed by atoms with van der Waals surface area (Å²) in [5, 5.41) is 11.2. The second kappa shape index (κ2) is 9.01. The molecule has 0 bridgehead atoms. The van der Waals surface area contributed by atoms with Crippen LogP contribution in [0.4, 0.5) is 5.69 Å². The summed E-state index contributed by atoms with van der Waals surface area (Å²) in [7, 11) is 0. The maximum absolute atomic E-state index is 13.2. The lowest BCUT2D eigenvalue weighted by atomic mass is 9.95. The van der Waals surface area contributed by atoms with Crippen LogP contribution in [-0.4, -0.2) is 22.9 Å². The summed E-state index contributed by atoms with van der Waals surface area (Å²) >= 11 is 3.43. The van der Waals surface area contributed by atoms with Crippen molar-refractivity contribution in [1.29, 1.82) is 0 Å². The number of aliphatic hydroxyl groups is 1. The van der Waals surface area contributed by atoms with E-state index in [1.807, 2.05) is 50.2 Å². The second-order valence-electron chi connectivity index (χ2n) is 7.75. The molecule has 1 amide bonds. The van der Waals surface area contributed by atoms with Gasteiger partial charge in [-0.15, -0.1) is 0 Å². The van der Waals surface area contributed by atoms with E-state index >= 15 is 0 Å². The van der Waals surface area contributed by atoms with Crippen LogP contribution in [0.2, 0.25) is 0 Å². The third-order valence-electron chi connectivity index (χ3n) is 5.13. The fraction of sp³-hybridized carbons (Fsp3) is 0.154. The lowest BCUT2D eigenvalue weighted by molar-refractivity contribution is -0.132. The van der Waals surface area contributed by atoms with Crippen LogP contribution in [0.15, 0.2) is 88.9 Å². The normalized spacial score (nSPS) is 17.8. The van der Waals surface area contributed by atoms with E-state index in [1.165, 1.54) is 4.90 Å². The van der Waals surface area contributed by atoms with E-state index in [0.29, 0.717) is 17.0 Å². The van der Waals surface area contributed by atoms with Crippen molar-refractivity contribution in [3.8, 4) is 5.75 Å². The number of aliphatic hydroxyl groups excluding tert-OH is 1.